The van der Waals surface area contributed by atoms with E-state index < -0.39 is 0 Å². The van der Waals surface area contributed by atoms with Crippen molar-refractivity contribution in [3.05, 3.63) is 46.6 Å². The van der Waals surface area contributed by atoms with Gasteiger partial charge >= 0.3 is 6.03 Å². The Balaban J connectivity index is 1.59. The Bertz CT molecular complexity index is 741. The average molecular weight is 342 g/mol. The number of hydrogen-bond donors (Lipinski definition) is 1. The van der Waals surface area contributed by atoms with Crippen LogP contribution in [0.2, 0.25) is 0 Å². The number of carbonyl (C=O) groups is 1. The second-order valence-electron chi connectivity index (χ2n) is 6.72. The summed E-state index contributed by atoms with van der Waals surface area (Å²) < 4.78 is 5.15. The van der Waals surface area contributed by atoms with Gasteiger partial charge in [0.15, 0.2) is 5.82 Å². The van der Waals surface area contributed by atoms with E-state index in [-0.39, 0.29) is 12.1 Å². The highest BCUT2D eigenvalue weighted by Crippen LogP contribution is 2.24. The Morgan fingerprint density at radius 2 is 2.08 bits per heavy atom. The van der Waals surface area contributed by atoms with Crippen LogP contribution < -0.4 is 5.32 Å². The second-order valence-corrected chi connectivity index (χ2v) is 6.72. The van der Waals surface area contributed by atoms with Gasteiger partial charge in [-0.3, -0.25) is 0 Å². The smallest absolute Gasteiger partial charge is 0.318 e. The molecule has 0 bridgehead atoms. The van der Waals surface area contributed by atoms with Gasteiger partial charge in [-0.25, -0.2) is 4.79 Å². The zero-order valence-corrected chi connectivity index (χ0v) is 15.2. The van der Waals surface area contributed by atoms with Crippen LogP contribution >= 0.6 is 0 Å². The van der Waals surface area contributed by atoms with Crippen LogP contribution in [0.4, 0.5) is 4.79 Å². The number of amides is 2. The standard InChI is InChI=1S/C19H26N4O2/c1-4-17-21-18(25-22-17)12-23(3)19(24)20-13(2)15-10-9-14-7-5-6-8-16(14)11-15/h9-11,13H,4-8,12H2,1-3H3,(H,20,24)/t13-/m1/s1. The Morgan fingerprint density at radius 3 is 2.80 bits per heavy atom. The Morgan fingerprint density at radius 1 is 1.32 bits per heavy atom. The summed E-state index contributed by atoms with van der Waals surface area (Å²) in [7, 11) is 1.73. The number of carbonyl (C=O) groups excluding carboxylic acids is 1. The summed E-state index contributed by atoms with van der Waals surface area (Å²) in [5.74, 6) is 1.11. The number of rotatable bonds is 5. The van der Waals surface area contributed by atoms with E-state index in [9.17, 15) is 4.79 Å². The van der Waals surface area contributed by atoms with Crippen molar-refractivity contribution in [1.82, 2.24) is 20.4 Å². The maximum Gasteiger partial charge on any atom is 0.318 e. The molecule has 2 amide bonds. The molecule has 1 aromatic carbocycles. The van der Waals surface area contributed by atoms with Crippen molar-refractivity contribution in [2.24, 2.45) is 0 Å². The molecule has 134 valence electrons. The van der Waals surface area contributed by atoms with E-state index in [1.807, 2.05) is 13.8 Å². The first kappa shape index (κ1) is 17.5. The van der Waals surface area contributed by atoms with Gasteiger partial charge in [0.25, 0.3) is 0 Å². The third kappa shape index (κ3) is 4.18. The van der Waals surface area contributed by atoms with Crippen LogP contribution in [-0.2, 0) is 25.8 Å². The van der Waals surface area contributed by atoms with Crippen molar-refractivity contribution < 1.29 is 9.32 Å². The molecule has 1 aromatic heterocycles. The predicted octanol–water partition coefficient (Wildman–Crippen LogP) is 3.41. The van der Waals surface area contributed by atoms with Crippen LogP contribution in [0.5, 0.6) is 0 Å². The van der Waals surface area contributed by atoms with Crippen LogP contribution in [0.15, 0.2) is 22.7 Å². The number of urea groups is 1. The normalized spacial score (nSPS) is 14.7. The monoisotopic (exact) mass is 342 g/mol. The minimum absolute atomic E-state index is 0.0453. The van der Waals surface area contributed by atoms with Crippen LogP contribution in [-0.4, -0.2) is 28.1 Å². The summed E-state index contributed by atoms with van der Waals surface area (Å²) in [6.45, 7) is 4.28. The molecular formula is C19H26N4O2. The first-order chi connectivity index (χ1) is 12.1. The summed E-state index contributed by atoms with van der Waals surface area (Å²) >= 11 is 0. The van der Waals surface area contributed by atoms with Crippen molar-refractivity contribution in [2.75, 3.05) is 7.05 Å². The summed E-state index contributed by atoms with van der Waals surface area (Å²) in [6.07, 6.45) is 5.56. The van der Waals surface area contributed by atoms with Gasteiger partial charge in [0, 0.05) is 13.5 Å². The molecule has 0 unspecified atom stereocenters. The SMILES string of the molecule is CCc1noc(CN(C)C(=O)N[C@H](C)c2ccc3c(c2)CCCC3)n1. The van der Waals surface area contributed by atoms with E-state index in [0.717, 1.165) is 18.4 Å². The number of nitrogens with one attached hydrogen (secondary N) is 1. The van der Waals surface area contributed by atoms with Crippen LogP contribution in [0.3, 0.4) is 0 Å². The van der Waals surface area contributed by atoms with Crippen molar-refractivity contribution >= 4 is 6.03 Å². The van der Waals surface area contributed by atoms with Crippen molar-refractivity contribution in [3.63, 3.8) is 0 Å². The van der Waals surface area contributed by atoms with Gasteiger partial charge in [-0.15, -0.1) is 0 Å². The summed E-state index contributed by atoms with van der Waals surface area (Å²) in [5, 5.41) is 6.89. The summed E-state index contributed by atoms with van der Waals surface area (Å²) in [6, 6.07) is 6.38. The first-order valence-electron chi connectivity index (χ1n) is 9.01. The average Bonchev–Trinajstić information content (AvgIpc) is 3.08. The fraction of sp³-hybridized carbons (Fsp3) is 0.526. The number of aromatic nitrogens is 2. The molecule has 0 spiro atoms. The molecular weight excluding hydrogens is 316 g/mol. The molecule has 1 heterocycles. The fourth-order valence-electron chi connectivity index (χ4n) is 3.17. The Labute approximate surface area is 148 Å². The maximum atomic E-state index is 12.4. The highest BCUT2D eigenvalue weighted by atomic mass is 16.5. The number of fused-ring (bicyclic) bond motifs is 1. The lowest BCUT2D eigenvalue weighted by Gasteiger charge is -2.22. The first-order valence-corrected chi connectivity index (χ1v) is 9.01. The molecule has 2 aromatic rings. The molecule has 0 fully saturated rings. The Kier molecular flexibility index (Phi) is 5.36. The van der Waals surface area contributed by atoms with E-state index >= 15 is 0 Å². The van der Waals surface area contributed by atoms with Gasteiger partial charge in [0.05, 0.1) is 6.04 Å². The van der Waals surface area contributed by atoms with Crippen molar-refractivity contribution in [3.8, 4) is 0 Å². The number of hydrogen-bond acceptors (Lipinski definition) is 4. The molecule has 0 aliphatic heterocycles. The maximum absolute atomic E-state index is 12.4. The van der Waals surface area contributed by atoms with Gasteiger partial charge in [-0.05, 0) is 49.3 Å². The Hall–Kier alpha value is -2.37. The summed E-state index contributed by atoms with van der Waals surface area (Å²) in [4.78, 5) is 18.2. The molecule has 6 nitrogen and oxygen atoms in total. The van der Waals surface area contributed by atoms with E-state index in [1.54, 1.807) is 11.9 Å². The fourth-order valence-corrected chi connectivity index (χ4v) is 3.17. The van der Waals surface area contributed by atoms with Gasteiger partial charge in [-0.2, -0.15) is 4.98 Å². The largest absolute Gasteiger partial charge is 0.337 e. The van der Waals surface area contributed by atoms with Gasteiger partial charge in [0.1, 0.15) is 6.54 Å². The van der Waals surface area contributed by atoms with Crippen molar-refractivity contribution in [1.29, 1.82) is 0 Å². The molecule has 0 saturated carbocycles. The van der Waals surface area contributed by atoms with Crippen molar-refractivity contribution in [2.45, 2.75) is 58.5 Å². The molecule has 25 heavy (non-hydrogen) atoms. The number of aryl methyl sites for hydroxylation is 3. The molecule has 1 atom stereocenters. The minimum atomic E-state index is -0.151. The lowest BCUT2D eigenvalue weighted by molar-refractivity contribution is 0.196. The van der Waals surface area contributed by atoms with E-state index in [0.29, 0.717) is 18.3 Å². The summed E-state index contributed by atoms with van der Waals surface area (Å²) in [5.41, 5.74) is 4.03. The van der Waals surface area contributed by atoms with E-state index in [4.69, 9.17) is 4.52 Å². The minimum Gasteiger partial charge on any atom is -0.337 e. The molecule has 0 radical (unpaired) electrons. The van der Waals surface area contributed by atoms with Crippen LogP contribution in [0, 0.1) is 0 Å². The zero-order chi connectivity index (χ0) is 17.8. The zero-order valence-electron chi connectivity index (χ0n) is 15.2. The lowest BCUT2D eigenvalue weighted by Crippen LogP contribution is -2.38. The van der Waals surface area contributed by atoms with Gasteiger partial charge in [-0.1, -0.05) is 30.3 Å². The van der Waals surface area contributed by atoms with Crippen LogP contribution in [0.25, 0.3) is 0 Å². The molecule has 3 rings (SSSR count). The molecule has 1 N–H and O–H groups in total. The highest BCUT2D eigenvalue weighted by molar-refractivity contribution is 5.74. The topological polar surface area (TPSA) is 71.3 Å². The molecule has 0 saturated heterocycles. The quantitative estimate of drug-likeness (QED) is 0.904. The molecule has 1 aliphatic carbocycles. The van der Waals surface area contributed by atoms with Crippen LogP contribution in [0.1, 0.15) is 61.1 Å². The van der Waals surface area contributed by atoms with Gasteiger partial charge < -0.3 is 14.7 Å². The van der Waals surface area contributed by atoms with E-state index in [1.165, 1.54) is 30.4 Å². The predicted molar refractivity (Wildman–Crippen MR) is 95.2 cm³/mol. The lowest BCUT2D eigenvalue weighted by atomic mass is 9.89. The third-order valence-electron chi connectivity index (χ3n) is 4.76. The number of benzene rings is 1. The van der Waals surface area contributed by atoms with Gasteiger partial charge in [0.2, 0.25) is 5.89 Å². The second kappa shape index (κ2) is 7.68. The third-order valence-corrected chi connectivity index (χ3v) is 4.76. The highest BCUT2D eigenvalue weighted by Gasteiger charge is 2.17. The molecule has 6 heteroatoms. The van der Waals surface area contributed by atoms with E-state index in [2.05, 4.69) is 33.7 Å². The molecule has 1 aliphatic rings. The number of nitrogens with zero attached hydrogens (tertiary/aromatic N) is 3.